The molecule has 0 spiro atoms. The topological polar surface area (TPSA) is 58.6 Å². The molecular formula is C15H28N2O3. The fraction of sp³-hybridized carbons (Fsp3) is 0.867. The first-order valence-corrected chi connectivity index (χ1v) is 7.46. The van der Waals surface area contributed by atoms with E-state index in [-0.39, 0.29) is 11.8 Å². The van der Waals surface area contributed by atoms with Crippen molar-refractivity contribution in [2.24, 2.45) is 11.3 Å². The minimum atomic E-state index is -0.992. The Morgan fingerprint density at radius 1 is 1.30 bits per heavy atom. The minimum Gasteiger partial charge on any atom is -0.385 e. The summed E-state index contributed by atoms with van der Waals surface area (Å²) in [7, 11) is 1.63. The number of amides is 2. The Kier molecular flexibility index (Phi) is 6.46. The summed E-state index contributed by atoms with van der Waals surface area (Å²) in [6, 6.07) is 0. The van der Waals surface area contributed by atoms with Crippen LogP contribution in [-0.2, 0) is 14.3 Å². The van der Waals surface area contributed by atoms with Gasteiger partial charge in [-0.25, -0.2) is 0 Å². The molecule has 0 aromatic heterocycles. The van der Waals surface area contributed by atoms with Crippen LogP contribution in [0.25, 0.3) is 0 Å². The van der Waals surface area contributed by atoms with Crippen LogP contribution in [0.3, 0.4) is 0 Å². The highest BCUT2D eigenvalue weighted by molar-refractivity contribution is 6.04. The van der Waals surface area contributed by atoms with Gasteiger partial charge < -0.3 is 15.0 Å². The summed E-state index contributed by atoms with van der Waals surface area (Å²) in [5.41, 5.74) is -0.992. The molecule has 1 aliphatic rings. The number of ether oxygens (including phenoxy) is 1. The van der Waals surface area contributed by atoms with Crippen LogP contribution in [0, 0.1) is 11.3 Å². The van der Waals surface area contributed by atoms with Crippen molar-refractivity contribution in [1.82, 2.24) is 10.2 Å². The maximum atomic E-state index is 12.5. The molecule has 0 atom stereocenters. The van der Waals surface area contributed by atoms with E-state index in [0.29, 0.717) is 19.1 Å². The van der Waals surface area contributed by atoms with Gasteiger partial charge in [0.25, 0.3) is 0 Å². The van der Waals surface area contributed by atoms with E-state index in [4.69, 9.17) is 4.74 Å². The summed E-state index contributed by atoms with van der Waals surface area (Å²) in [4.78, 5) is 26.5. The molecule has 0 saturated carbocycles. The lowest BCUT2D eigenvalue weighted by atomic mass is 9.88. The first kappa shape index (κ1) is 17.0. The molecule has 20 heavy (non-hydrogen) atoms. The number of carbonyl (C=O) groups excluding carboxylic acids is 2. The zero-order valence-corrected chi connectivity index (χ0v) is 13.2. The largest absolute Gasteiger partial charge is 0.385 e. The van der Waals surface area contributed by atoms with Gasteiger partial charge in [0.1, 0.15) is 5.41 Å². The summed E-state index contributed by atoms with van der Waals surface area (Å²) >= 11 is 0. The lowest BCUT2D eigenvalue weighted by Crippen LogP contribution is -2.51. The van der Waals surface area contributed by atoms with Crippen LogP contribution in [-0.4, -0.2) is 50.1 Å². The van der Waals surface area contributed by atoms with Crippen molar-refractivity contribution in [1.29, 1.82) is 0 Å². The molecular weight excluding hydrogens is 256 g/mol. The zero-order valence-electron chi connectivity index (χ0n) is 13.2. The molecule has 0 radical (unpaired) electrons. The number of nitrogens with one attached hydrogen (secondary N) is 1. The molecule has 1 rings (SSSR count). The molecule has 0 unspecified atom stereocenters. The van der Waals surface area contributed by atoms with Crippen molar-refractivity contribution in [3.8, 4) is 0 Å². The molecule has 5 heteroatoms. The highest BCUT2D eigenvalue weighted by Gasteiger charge is 2.39. The molecule has 0 bridgehead atoms. The number of hydrogen-bond acceptors (Lipinski definition) is 3. The van der Waals surface area contributed by atoms with Crippen LogP contribution < -0.4 is 5.32 Å². The summed E-state index contributed by atoms with van der Waals surface area (Å²) in [6.07, 6.45) is 2.81. The van der Waals surface area contributed by atoms with Gasteiger partial charge in [0.05, 0.1) is 0 Å². The Hall–Kier alpha value is -1.10. The Morgan fingerprint density at radius 3 is 2.45 bits per heavy atom. The van der Waals surface area contributed by atoms with E-state index in [1.54, 1.807) is 21.0 Å². The maximum Gasteiger partial charge on any atom is 0.237 e. The fourth-order valence-electron chi connectivity index (χ4n) is 2.34. The van der Waals surface area contributed by atoms with Crippen LogP contribution in [0.4, 0.5) is 0 Å². The van der Waals surface area contributed by atoms with Crippen molar-refractivity contribution in [2.45, 2.75) is 40.0 Å². The maximum absolute atomic E-state index is 12.5. The predicted molar refractivity (Wildman–Crippen MR) is 78.3 cm³/mol. The third-order valence-electron chi connectivity index (χ3n) is 3.98. The highest BCUT2D eigenvalue weighted by Crippen LogP contribution is 2.24. The quantitative estimate of drug-likeness (QED) is 0.593. The number of piperidine rings is 1. The first-order chi connectivity index (χ1) is 9.39. The lowest BCUT2D eigenvalue weighted by molar-refractivity contribution is -0.149. The van der Waals surface area contributed by atoms with Crippen molar-refractivity contribution in [3.63, 3.8) is 0 Å². The van der Waals surface area contributed by atoms with E-state index in [1.165, 1.54) is 0 Å². The second-order valence-electron chi connectivity index (χ2n) is 6.20. The van der Waals surface area contributed by atoms with Crippen molar-refractivity contribution in [3.05, 3.63) is 0 Å². The van der Waals surface area contributed by atoms with E-state index in [0.717, 1.165) is 32.4 Å². The van der Waals surface area contributed by atoms with Crippen LogP contribution in [0.5, 0.6) is 0 Å². The minimum absolute atomic E-state index is 0.0614. The predicted octanol–water partition coefficient (Wildman–Crippen LogP) is 1.42. The third-order valence-corrected chi connectivity index (χ3v) is 3.98. The van der Waals surface area contributed by atoms with Gasteiger partial charge >= 0.3 is 0 Å². The van der Waals surface area contributed by atoms with E-state index < -0.39 is 5.41 Å². The van der Waals surface area contributed by atoms with E-state index in [9.17, 15) is 9.59 Å². The average molecular weight is 284 g/mol. The molecule has 1 fully saturated rings. The molecule has 2 amide bonds. The first-order valence-electron chi connectivity index (χ1n) is 7.46. The summed E-state index contributed by atoms with van der Waals surface area (Å²) in [5, 5.41) is 2.82. The molecule has 0 aliphatic carbocycles. The Morgan fingerprint density at radius 2 is 1.90 bits per heavy atom. The SMILES string of the molecule is COCCCNC(=O)C(C)(C)C(=O)N1CCC(C)CC1. The van der Waals surface area contributed by atoms with Gasteiger partial charge in [-0.15, -0.1) is 0 Å². The summed E-state index contributed by atoms with van der Waals surface area (Å²) < 4.78 is 4.94. The second kappa shape index (κ2) is 7.62. The van der Waals surface area contributed by atoms with E-state index in [1.807, 2.05) is 4.90 Å². The second-order valence-corrected chi connectivity index (χ2v) is 6.20. The van der Waals surface area contributed by atoms with Gasteiger partial charge in [0, 0.05) is 33.4 Å². The fourth-order valence-corrected chi connectivity index (χ4v) is 2.34. The Labute approximate surface area is 122 Å². The van der Waals surface area contributed by atoms with Crippen LogP contribution >= 0.6 is 0 Å². The van der Waals surface area contributed by atoms with Crippen molar-refractivity contribution >= 4 is 11.8 Å². The molecule has 5 nitrogen and oxygen atoms in total. The van der Waals surface area contributed by atoms with Crippen LogP contribution in [0.2, 0.25) is 0 Å². The standard InChI is InChI=1S/C15H28N2O3/c1-12-6-9-17(10-7-12)14(19)15(2,3)13(18)16-8-5-11-20-4/h12H,5-11H2,1-4H3,(H,16,18). The van der Waals surface area contributed by atoms with Crippen LogP contribution in [0.1, 0.15) is 40.0 Å². The van der Waals surface area contributed by atoms with Gasteiger partial charge in [-0.05, 0) is 39.0 Å². The van der Waals surface area contributed by atoms with Gasteiger partial charge in [0.15, 0.2) is 0 Å². The number of carbonyl (C=O) groups is 2. The van der Waals surface area contributed by atoms with Gasteiger partial charge in [-0.3, -0.25) is 9.59 Å². The molecule has 116 valence electrons. The van der Waals surface area contributed by atoms with Gasteiger partial charge in [0.2, 0.25) is 11.8 Å². The molecule has 1 saturated heterocycles. The highest BCUT2D eigenvalue weighted by atomic mass is 16.5. The zero-order chi connectivity index (χ0) is 15.2. The smallest absolute Gasteiger partial charge is 0.237 e. The number of likely N-dealkylation sites (tertiary alicyclic amines) is 1. The van der Waals surface area contributed by atoms with Gasteiger partial charge in [-0.2, -0.15) is 0 Å². The van der Waals surface area contributed by atoms with E-state index >= 15 is 0 Å². The number of methoxy groups -OCH3 is 1. The van der Waals surface area contributed by atoms with Crippen molar-refractivity contribution in [2.75, 3.05) is 33.4 Å². The van der Waals surface area contributed by atoms with Gasteiger partial charge in [-0.1, -0.05) is 6.92 Å². The number of nitrogens with zero attached hydrogens (tertiary/aromatic N) is 1. The monoisotopic (exact) mass is 284 g/mol. The van der Waals surface area contributed by atoms with E-state index in [2.05, 4.69) is 12.2 Å². The molecule has 0 aromatic rings. The summed E-state index contributed by atoms with van der Waals surface area (Å²) in [6.45, 7) is 8.30. The number of hydrogen-bond donors (Lipinski definition) is 1. The molecule has 1 aliphatic heterocycles. The summed E-state index contributed by atoms with van der Waals surface area (Å²) in [5.74, 6) is 0.413. The Bertz CT molecular complexity index is 334. The number of rotatable bonds is 6. The molecule has 1 N–H and O–H groups in total. The molecule has 1 heterocycles. The lowest BCUT2D eigenvalue weighted by Gasteiger charge is -2.35. The van der Waals surface area contributed by atoms with Crippen LogP contribution in [0.15, 0.2) is 0 Å². The Balaban J connectivity index is 2.49. The normalized spacial score (nSPS) is 17.1. The molecule has 0 aromatic carbocycles. The average Bonchev–Trinajstić information content (AvgIpc) is 2.43. The third kappa shape index (κ3) is 4.47. The van der Waals surface area contributed by atoms with Crippen molar-refractivity contribution < 1.29 is 14.3 Å².